The summed E-state index contributed by atoms with van der Waals surface area (Å²) in [5.74, 6) is 0. The maximum atomic E-state index is 11.8. The van der Waals surface area contributed by atoms with Gasteiger partial charge in [0.25, 0.3) is 0 Å². The number of aryl methyl sites for hydroxylation is 2. The lowest BCUT2D eigenvalue weighted by molar-refractivity contribution is -0.103. The van der Waals surface area contributed by atoms with E-state index >= 15 is 0 Å². The molecule has 3 aromatic rings. The average molecular weight is 318 g/mol. The van der Waals surface area contributed by atoms with E-state index in [0.717, 1.165) is 23.0 Å². The van der Waals surface area contributed by atoms with Crippen LogP contribution in [0.15, 0.2) is 60.0 Å². The van der Waals surface area contributed by atoms with Gasteiger partial charge in [-0.05, 0) is 59.2 Å². The van der Waals surface area contributed by atoms with Gasteiger partial charge in [-0.15, -0.1) is 11.3 Å². The van der Waals surface area contributed by atoms with Crippen LogP contribution in [0.3, 0.4) is 0 Å². The maximum Gasteiger partial charge on any atom is 0.150 e. The zero-order valence-electron chi connectivity index (χ0n) is 13.2. The molecule has 2 heteroatoms. The Balaban J connectivity index is 2.17. The Kier molecular flexibility index (Phi) is 4.54. The average Bonchev–Trinajstić information content (AvgIpc) is 3.09. The topological polar surface area (TPSA) is 17.1 Å². The standard InChI is InChI=1S/C21H18OS/c1-15-7-5-8-16(2)20(15)13-17(14-22)18-9-3-4-10-19(18)21-11-6-12-23-21/h3-14H,1-2H3. The number of hydrogen-bond donors (Lipinski definition) is 0. The number of rotatable bonds is 4. The molecule has 23 heavy (non-hydrogen) atoms. The van der Waals surface area contributed by atoms with Crippen LogP contribution in [0.25, 0.3) is 22.1 Å². The van der Waals surface area contributed by atoms with E-state index in [9.17, 15) is 4.79 Å². The van der Waals surface area contributed by atoms with Crippen LogP contribution in [0.5, 0.6) is 0 Å². The predicted octanol–water partition coefficient (Wildman–Crippen LogP) is 5.77. The van der Waals surface area contributed by atoms with Gasteiger partial charge in [-0.2, -0.15) is 0 Å². The lowest BCUT2D eigenvalue weighted by Crippen LogP contribution is -1.92. The molecule has 3 rings (SSSR count). The van der Waals surface area contributed by atoms with Crippen LogP contribution in [0, 0.1) is 13.8 Å². The first-order valence-corrected chi connectivity index (χ1v) is 8.45. The van der Waals surface area contributed by atoms with Crippen LogP contribution < -0.4 is 0 Å². The summed E-state index contributed by atoms with van der Waals surface area (Å²) in [6.45, 7) is 4.15. The first-order valence-electron chi connectivity index (χ1n) is 7.57. The van der Waals surface area contributed by atoms with Crippen LogP contribution in [0.2, 0.25) is 0 Å². The molecule has 0 aliphatic heterocycles. The molecule has 1 aromatic heterocycles. The fourth-order valence-corrected chi connectivity index (χ4v) is 3.53. The van der Waals surface area contributed by atoms with Gasteiger partial charge in [0, 0.05) is 10.5 Å². The van der Waals surface area contributed by atoms with E-state index in [4.69, 9.17) is 0 Å². The molecule has 0 aliphatic rings. The predicted molar refractivity (Wildman–Crippen MR) is 99.6 cm³/mol. The van der Waals surface area contributed by atoms with E-state index in [1.54, 1.807) is 11.3 Å². The van der Waals surface area contributed by atoms with Gasteiger partial charge in [0.15, 0.2) is 6.29 Å². The molecule has 0 radical (unpaired) electrons. The van der Waals surface area contributed by atoms with Crippen LogP contribution in [0.1, 0.15) is 22.3 Å². The van der Waals surface area contributed by atoms with Crippen molar-refractivity contribution in [1.82, 2.24) is 0 Å². The third kappa shape index (κ3) is 3.17. The molecule has 1 nitrogen and oxygen atoms in total. The minimum absolute atomic E-state index is 0.714. The number of benzene rings is 2. The summed E-state index contributed by atoms with van der Waals surface area (Å²) in [7, 11) is 0. The highest BCUT2D eigenvalue weighted by Gasteiger charge is 2.10. The first-order chi connectivity index (χ1) is 11.2. The zero-order chi connectivity index (χ0) is 16.2. The molecule has 0 saturated heterocycles. The van der Waals surface area contributed by atoms with Crippen molar-refractivity contribution in [3.05, 3.63) is 82.2 Å². The molecule has 0 spiro atoms. The largest absolute Gasteiger partial charge is 0.298 e. The lowest BCUT2D eigenvalue weighted by atomic mass is 9.95. The van der Waals surface area contributed by atoms with Gasteiger partial charge in [0.05, 0.1) is 0 Å². The van der Waals surface area contributed by atoms with Crippen LogP contribution in [0.4, 0.5) is 0 Å². The zero-order valence-corrected chi connectivity index (χ0v) is 14.1. The molecule has 1 heterocycles. The first kappa shape index (κ1) is 15.4. The quantitative estimate of drug-likeness (QED) is 0.339. The van der Waals surface area contributed by atoms with Crippen molar-refractivity contribution in [2.45, 2.75) is 13.8 Å². The number of carbonyl (C=O) groups excluding carboxylic acids is 1. The van der Waals surface area contributed by atoms with Crippen molar-refractivity contribution in [2.75, 3.05) is 0 Å². The summed E-state index contributed by atoms with van der Waals surface area (Å²) in [4.78, 5) is 13.0. The van der Waals surface area contributed by atoms with Gasteiger partial charge >= 0.3 is 0 Å². The molecular formula is C21H18OS. The minimum Gasteiger partial charge on any atom is -0.298 e. The normalized spacial score (nSPS) is 11.5. The summed E-state index contributed by atoms with van der Waals surface area (Å²) in [6.07, 6.45) is 2.96. The van der Waals surface area contributed by atoms with E-state index in [2.05, 4.69) is 43.5 Å². The molecule has 0 N–H and O–H groups in total. The lowest BCUT2D eigenvalue weighted by Gasteiger charge is -2.10. The van der Waals surface area contributed by atoms with Gasteiger partial charge in [-0.3, -0.25) is 4.79 Å². The Morgan fingerprint density at radius 2 is 1.65 bits per heavy atom. The summed E-state index contributed by atoms with van der Waals surface area (Å²) < 4.78 is 0. The Bertz CT molecular complexity index is 837. The number of carbonyl (C=O) groups is 1. The summed E-state index contributed by atoms with van der Waals surface area (Å²) in [5, 5.41) is 2.06. The van der Waals surface area contributed by atoms with Gasteiger partial charge < -0.3 is 0 Å². The molecule has 0 bridgehead atoms. The van der Waals surface area contributed by atoms with Gasteiger partial charge in [0.1, 0.15) is 0 Å². The molecule has 2 aromatic carbocycles. The second-order valence-electron chi connectivity index (χ2n) is 5.55. The van der Waals surface area contributed by atoms with Gasteiger partial charge in [0.2, 0.25) is 0 Å². The second kappa shape index (κ2) is 6.76. The van der Waals surface area contributed by atoms with E-state index in [1.807, 2.05) is 36.4 Å². The highest BCUT2D eigenvalue weighted by Crippen LogP contribution is 2.32. The third-order valence-corrected chi connectivity index (χ3v) is 4.90. The van der Waals surface area contributed by atoms with Crippen molar-refractivity contribution in [3.8, 4) is 10.4 Å². The van der Waals surface area contributed by atoms with E-state index in [0.29, 0.717) is 5.57 Å². The van der Waals surface area contributed by atoms with Crippen molar-refractivity contribution in [1.29, 1.82) is 0 Å². The SMILES string of the molecule is Cc1cccc(C)c1C=C(C=O)c1ccccc1-c1cccs1. The van der Waals surface area contributed by atoms with Crippen LogP contribution >= 0.6 is 11.3 Å². The molecule has 0 aliphatic carbocycles. The Hall–Kier alpha value is -2.45. The van der Waals surface area contributed by atoms with E-state index < -0.39 is 0 Å². The van der Waals surface area contributed by atoms with Crippen molar-refractivity contribution in [3.63, 3.8) is 0 Å². The monoisotopic (exact) mass is 318 g/mol. The molecule has 0 fully saturated rings. The molecule has 0 atom stereocenters. The highest BCUT2D eigenvalue weighted by atomic mass is 32.1. The molecule has 0 amide bonds. The number of aldehydes is 1. The number of hydrogen-bond acceptors (Lipinski definition) is 2. The minimum atomic E-state index is 0.714. The summed E-state index contributed by atoms with van der Waals surface area (Å²) in [5.41, 5.74) is 6.28. The molecule has 0 saturated carbocycles. The second-order valence-corrected chi connectivity index (χ2v) is 6.49. The Labute approximate surface area is 140 Å². The van der Waals surface area contributed by atoms with E-state index in [-0.39, 0.29) is 0 Å². The maximum absolute atomic E-state index is 11.8. The summed E-state index contributed by atoms with van der Waals surface area (Å²) in [6, 6.07) is 18.4. The Morgan fingerprint density at radius 3 is 2.30 bits per heavy atom. The third-order valence-electron chi connectivity index (χ3n) is 3.99. The molecule has 114 valence electrons. The van der Waals surface area contributed by atoms with Crippen LogP contribution in [-0.2, 0) is 4.79 Å². The van der Waals surface area contributed by atoms with Gasteiger partial charge in [-0.1, -0.05) is 48.5 Å². The number of allylic oxidation sites excluding steroid dienone is 1. The Morgan fingerprint density at radius 1 is 0.913 bits per heavy atom. The van der Waals surface area contributed by atoms with Crippen molar-refractivity contribution < 1.29 is 4.79 Å². The van der Waals surface area contributed by atoms with Gasteiger partial charge in [-0.25, -0.2) is 0 Å². The smallest absolute Gasteiger partial charge is 0.150 e. The summed E-state index contributed by atoms with van der Waals surface area (Å²) >= 11 is 1.69. The fourth-order valence-electron chi connectivity index (χ4n) is 2.77. The molecule has 0 unspecified atom stereocenters. The highest BCUT2D eigenvalue weighted by molar-refractivity contribution is 7.13. The number of thiophene rings is 1. The molecular weight excluding hydrogens is 300 g/mol. The van der Waals surface area contributed by atoms with Crippen molar-refractivity contribution in [2.24, 2.45) is 0 Å². The van der Waals surface area contributed by atoms with Crippen LogP contribution in [-0.4, -0.2) is 6.29 Å². The van der Waals surface area contributed by atoms with Crippen molar-refractivity contribution >= 4 is 29.3 Å². The van der Waals surface area contributed by atoms with E-state index in [1.165, 1.54) is 16.0 Å². The fraction of sp³-hybridized carbons (Fsp3) is 0.0952.